The molecule has 0 amide bonds. The van der Waals surface area contributed by atoms with Crippen LogP contribution >= 0.6 is 11.6 Å². The van der Waals surface area contributed by atoms with E-state index in [1.54, 1.807) is 0 Å². The fourth-order valence-corrected chi connectivity index (χ4v) is 2.91. The molecule has 0 unspecified atom stereocenters. The zero-order valence-electron chi connectivity index (χ0n) is 9.97. The van der Waals surface area contributed by atoms with Crippen LogP contribution in [0.15, 0.2) is 12.1 Å². The zero-order valence-corrected chi connectivity index (χ0v) is 10.7. The highest BCUT2D eigenvalue weighted by molar-refractivity contribution is 6.35. The topological polar surface area (TPSA) is 38.9 Å². The van der Waals surface area contributed by atoms with E-state index in [0.717, 1.165) is 36.9 Å². The van der Waals surface area contributed by atoms with Crippen molar-refractivity contribution in [2.45, 2.75) is 32.1 Å². The van der Waals surface area contributed by atoms with Gasteiger partial charge in [0, 0.05) is 16.8 Å². The summed E-state index contributed by atoms with van der Waals surface area (Å²) in [5.74, 6) is -0.366. The number of nitrogens with zero attached hydrogens (tertiary/aromatic N) is 1. The van der Waals surface area contributed by atoms with Gasteiger partial charge in [0.05, 0.1) is 10.5 Å². The van der Waals surface area contributed by atoms with Gasteiger partial charge < -0.3 is 5.73 Å². The smallest absolute Gasteiger partial charge is 0.125 e. The van der Waals surface area contributed by atoms with Crippen molar-refractivity contribution in [3.8, 4) is 0 Å². The van der Waals surface area contributed by atoms with Crippen LogP contribution in [0.1, 0.15) is 30.5 Å². The molecule has 1 aromatic heterocycles. The lowest BCUT2D eigenvalue weighted by Gasteiger charge is -2.12. The molecule has 0 atom stereocenters. The van der Waals surface area contributed by atoms with Crippen LogP contribution in [0.3, 0.4) is 0 Å². The van der Waals surface area contributed by atoms with Crippen molar-refractivity contribution in [3.63, 3.8) is 0 Å². The van der Waals surface area contributed by atoms with Gasteiger partial charge in [-0.15, -0.1) is 0 Å². The van der Waals surface area contributed by atoms with Crippen molar-refractivity contribution < 1.29 is 4.39 Å². The second kappa shape index (κ2) is 4.39. The third-order valence-electron chi connectivity index (χ3n) is 3.58. The number of anilines is 1. The van der Waals surface area contributed by atoms with Crippen molar-refractivity contribution >= 4 is 28.2 Å². The van der Waals surface area contributed by atoms with Gasteiger partial charge in [0.15, 0.2) is 0 Å². The largest absolute Gasteiger partial charge is 0.398 e. The molecule has 2 N–H and O–H groups in total. The fourth-order valence-electron chi connectivity index (χ4n) is 2.66. The van der Waals surface area contributed by atoms with Gasteiger partial charge in [-0.1, -0.05) is 18.0 Å². The number of nitrogen functional groups attached to an aromatic ring is 1. The van der Waals surface area contributed by atoms with Gasteiger partial charge in [0.2, 0.25) is 0 Å². The third kappa shape index (κ3) is 1.83. The molecule has 0 fully saturated rings. The van der Waals surface area contributed by atoms with E-state index in [1.165, 1.54) is 18.6 Å². The number of halogens is 2. The van der Waals surface area contributed by atoms with Crippen LogP contribution in [0, 0.1) is 5.82 Å². The van der Waals surface area contributed by atoms with Crippen molar-refractivity contribution in [3.05, 3.63) is 34.2 Å². The van der Waals surface area contributed by atoms with Gasteiger partial charge in [0.25, 0.3) is 0 Å². The summed E-state index contributed by atoms with van der Waals surface area (Å²) >= 11 is 6.06. The number of fused-ring (bicyclic) bond motifs is 2. The van der Waals surface area contributed by atoms with E-state index < -0.39 is 0 Å². The minimum atomic E-state index is -0.366. The Bertz CT molecular complexity index is 625. The molecule has 4 heteroatoms. The Hall–Kier alpha value is -1.35. The first-order chi connectivity index (χ1) is 8.66. The Morgan fingerprint density at radius 2 is 1.94 bits per heavy atom. The Kier molecular flexibility index (Phi) is 2.86. The van der Waals surface area contributed by atoms with Crippen molar-refractivity contribution in [2.75, 3.05) is 5.73 Å². The molecule has 1 heterocycles. The van der Waals surface area contributed by atoms with Gasteiger partial charge in [-0.05, 0) is 43.4 Å². The maximum absolute atomic E-state index is 13.4. The van der Waals surface area contributed by atoms with Crippen LogP contribution < -0.4 is 5.73 Å². The number of nitrogens with two attached hydrogens (primary N) is 1. The summed E-state index contributed by atoms with van der Waals surface area (Å²) in [4.78, 5) is 4.60. The van der Waals surface area contributed by atoms with E-state index in [0.29, 0.717) is 21.6 Å². The standard InChI is InChI=1S/C14H14ClFN2/c15-11-7-8(16)6-10-13(17)9-4-2-1-3-5-12(9)18-14(10)11/h6-7H,1-5H2,(H2,17,18). The second-order valence-electron chi connectivity index (χ2n) is 4.80. The second-order valence-corrected chi connectivity index (χ2v) is 5.20. The fraction of sp³-hybridized carbons (Fsp3) is 0.357. The molecule has 0 saturated heterocycles. The monoisotopic (exact) mass is 264 g/mol. The number of aromatic nitrogens is 1. The Morgan fingerprint density at radius 1 is 1.17 bits per heavy atom. The molecule has 1 aromatic carbocycles. The van der Waals surface area contributed by atoms with Crippen LogP contribution in [-0.4, -0.2) is 4.98 Å². The molecular formula is C14H14ClFN2. The maximum atomic E-state index is 13.4. The summed E-state index contributed by atoms with van der Waals surface area (Å²) < 4.78 is 13.4. The zero-order chi connectivity index (χ0) is 12.7. The van der Waals surface area contributed by atoms with E-state index in [2.05, 4.69) is 4.98 Å². The molecule has 1 aliphatic carbocycles. The van der Waals surface area contributed by atoms with E-state index in [9.17, 15) is 4.39 Å². The summed E-state index contributed by atoms with van der Waals surface area (Å²) in [7, 11) is 0. The minimum absolute atomic E-state index is 0.337. The summed E-state index contributed by atoms with van der Waals surface area (Å²) in [5, 5.41) is 0.976. The molecule has 2 nitrogen and oxygen atoms in total. The van der Waals surface area contributed by atoms with Gasteiger partial charge in [-0.2, -0.15) is 0 Å². The first-order valence-corrected chi connectivity index (χ1v) is 6.60. The normalized spacial score (nSPS) is 15.4. The molecule has 0 radical (unpaired) electrons. The highest BCUT2D eigenvalue weighted by Crippen LogP contribution is 2.33. The summed E-state index contributed by atoms with van der Waals surface area (Å²) in [5.41, 5.74) is 9.57. The predicted molar refractivity (Wildman–Crippen MR) is 72.4 cm³/mol. The van der Waals surface area contributed by atoms with Crippen molar-refractivity contribution in [1.82, 2.24) is 4.98 Å². The van der Waals surface area contributed by atoms with E-state index in [1.807, 2.05) is 0 Å². The van der Waals surface area contributed by atoms with Gasteiger partial charge in [-0.3, -0.25) is 4.98 Å². The lowest BCUT2D eigenvalue weighted by molar-refractivity contribution is 0.629. The molecule has 0 aliphatic heterocycles. The first-order valence-electron chi connectivity index (χ1n) is 6.23. The molecule has 18 heavy (non-hydrogen) atoms. The van der Waals surface area contributed by atoms with Crippen LogP contribution in [0.2, 0.25) is 5.02 Å². The Labute approximate surface area is 110 Å². The third-order valence-corrected chi connectivity index (χ3v) is 3.87. The lowest BCUT2D eigenvalue weighted by atomic mass is 10.0. The van der Waals surface area contributed by atoms with Gasteiger partial charge in [0.1, 0.15) is 5.82 Å². The quantitative estimate of drug-likeness (QED) is 0.734. The highest BCUT2D eigenvalue weighted by Gasteiger charge is 2.17. The van der Waals surface area contributed by atoms with Crippen molar-refractivity contribution in [1.29, 1.82) is 0 Å². The number of hydrogen-bond acceptors (Lipinski definition) is 2. The Morgan fingerprint density at radius 3 is 2.78 bits per heavy atom. The molecule has 94 valence electrons. The summed E-state index contributed by atoms with van der Waals surface area (Å²) in [6.07, 6.45) is 5.30. The average molecular weight is 265 g/mol. The molecule has 0 bridgehead atoms. The van der Waals surface area contributed by atoms with E-state index in [4.69, 9.17) is 17.3 Å². The lowest BCUT2D eigenvalue weighted by Crippen LogP contribution is -2.03. The average Bonchev–Trinajstić information content (AvgIpc) is 2.56. The van der Waals surface area contributed by atoms with Gasteiger partial charge in [-0.25, -0.2) is 4.39 Å². The van der Waals surface area contributed by atoms with E-state index >= 15 is 0 Å². The number of hydrogen-bond donors (Lipinski definition) is 1. The first kappa shape index (κ1) is 11.7. The molecular weight excluding hydrogens is 251 g/mol. The number of pyridine rings is 1. The molecule has 0 saturated carbocycles. The summed E-state index contributed by atoms with van der Waals surface area (Å²) in [6, 6.07) is 2.72. The molecule has 2 aromatic rings. The van der Waals surface area contributed by atoms with Crippen molar-refractivity contribution in [2.24, 2.45) is 0 Å². The number of aryl methyl sites for hydroxylation is 1. The van der Waals surface area contributed by atoms with Crippen LogP contribution in [0.25, 0.3) is 10.9 Å². The van der Waals surface area contributed by atoms with Gasteiger partial charge >= 0.3 is 0 Å². The van der Waals surface area contributed by atoms with Crippen LogP contribution in [-0.2, 0) is 12.8 Å². The minimum Gasteiger partial charge on any atom is -0.398 e. The predicted octanol–water partition coefficient (Wildman–Crippen LogP) is 3.88. The molecule has 1 aliphatic rings. The van der Waals surface area contributed by atoms with Crippen LogP contribution in [0.5, 0.6) is 0 Å². The SMILES string of the molecule is Nc1c2c(nc3c(Cl)cc(F)cc13)CCCCC2. The highest BCUT2D eigenvalue weighted by atomic mass is 35.5. The maximum Gasteiger partial charge on any atom is 0.125 e. The Balaban J connectivity index is 2.34. The number of rotatable bonds is 0. The molecule has 0 spiro atoms. The molecule has 3 rings (SSSR count). The van der Waals surface area contributed by atoms with E-state index in [-0.39, 0.29) is 5.82 Å². The number of benzene rings is 1. The summed E-state index contributed by atoms with van der Waals surface area (Å²) in [6.45, 7) is 0. The van der Waals surface area contributed by atoms with Crippen LogP contribution in [0.4, 0.5) is 10.1 Å².